The van der Waals surface area contributed by atoms with Crippen molar-refractivity contribution >= 4 is 5.69 Å². The van der Waals surface area contributed by atoms with Gasteiger partial charge in [0.2, 0.25) is 0 Å². The van der Waals surface area contributed by atoms with Gasteiger partial charge in [-0.15, -0.1) is 0 Å². The Bertz CT molecular complexity index is 543. The van der Waals surface area contributed by atoms with Gasteiger partial charge in [-0.3, -0.25) is 9.88 Å². The van der Waals surface area contributed by atoms with Crippen LogP contribution in [0.5, 0.6) is 0 Å². The molecule has 1 heterocycles. The summed E-state index contributed by atoms with van der Waals surface area (Å²) in [4.78, 5) is 8.51. The van der Waals surface area contributed by atoms with Gasteiger partial charge in [0, 0.05) is 51.8 Å². The number of hydrogen-bond donors (Lipinski definition) is 1. The standard InChI is InChI=1S/C17H23N3O/c1-19(2)17-8-4-3-7-16(17)14-20(10-11-21)13-15-6-5-9-18-12-15/h3-9,12,21H,10-11,13-14H2,1-2H3. The minimum atomic E-state index is 0.157. The third-order valence-corrected chi connectivity index (χ3v) is 3.41. The Kier molecular flexibility index (Phi) is 5.72. The summed E-state index contributed by atoms with van der Waals surface area (Å²) in [6, 6.07) is 12.4. The molecule has 1 N–H and O–H groups in total. The van der Waals surface area contributed by atoms with Crippen molar-refractivity contribution in [2.24, 2.45) is 0 Å². The fourth-order valence-corrected chi connectivity index (χ4v) is 2.43. The second-order valence-electron chi connectivity index (χ2n) is 5.32. The van der Waals surface area contributed by atoms with Crippen LogP contribution >= 0.6 is 0 Å². The van der Waals surface area contributed by atoms with Gasteiger partial charge in [-0.1, -0.05) is 24.3 Å². The highest BCUT2D eigenvalue weighted by Crippen LogP contribution is 2.20. The highest BCUT2D eigenvalue weighted by atomic mass is 16.3. The van der Waals surface area contributed by atoms with Crippen LogP contribution in [0.15, 0.2) is 48.8 Å². The maximum atomic E-state index is 9.30. The molecule has 0 bridgehead atoms. The van der Waals surface area contributed by atoms with Gasteiger partial charge in [0.15, 0.2) is 0 Å². The number of pyridine rings is 1. The number of rotatable bonds is 7. The Labute approximate surface area is 126 Å². The Hall–Kier alpha value is -1.91. The topological polar surface area (TPSA) is 39.6 Å². The van der Waals surface area contributed by atoms with E-state index in [0.717, 1.165) is 18.7 Å². The summed E-state index contributed by atoms with van der Waals surface area (Å²) in [6.07, 6.45) is 3.66. The molecule has 112 valence electrons. The molecule has 0 saturated carbocycles. The Morgan fingerprint density at radius 3 is 2.52 bits per heavy atom. The molecule has 0 aliphatic carbocycles. The predicted octanol–water partition coefficient (Wildman–Crippen LogP) is 2.14. The van der Waals surface area contributed by atoms with Crippen LogP contribution in [-0.2, 0) is 13.1 Å². The molecule has 0 amide bonds. The van der Waals surface area contributed by atoms with Crippen LogP contribution in [0.2, 0.25) is 0 Å². The fourth-order valence-electron chi connectivity index (χ4n) is 2.43. The maximum absolute atomic E-state index is 9.30. The molecule has 0 unspecified atom stereocenters. The summed E-state index contributed by atoms with van der Waals surface area (Å²) >= 11 is 0. The van der Waals surface area contributed by atoms with Gasteiger partial charge < -0.3 is 10.0 Å². The van der Waals surface area contributed by atoms with Crippen molar-refractivity contribution in [2.75, 3.05) is 32.1 Å². The Morgan fingerprint density at radius 2 is 1.86 bits per heavy atom. The van der Waals surface area contributed by atoms with Gasteiger partial charge >= 0.3 is 0 Å². The van der Waals surface area contributed by atoms with Crippen molar-refractivity contribution in [3.8, 4) is 0 Å². The lowest BCUT2D eigenvalue weighted by Gasteiger charge is -2.24. The van der Waals surface area contributed by atoms with Crippen molar-refractivity contribution in [3.63, 3.8) is 0 Å². The SMILES string of the molecule is CN(C)c1ccccc1CN(CCO)Cc1cccnc1. The molecule has 0 spiro atoms. The summed E-state index contributed by atoms with van der Waals surface area (Å²) in [7, 11) is 4.10. The average molecular weight is 285 g/mol. The number of benzene rings is 1. The Balaban J connectivity index is 2.13. The van der Waals surface area contributed by atoms with Gasteiger partial charge in [0.05, 0.1) is 6.61 Å². The van der Waals surface area contributed by atoms with Crippen molar-refractivity contribution in [2.45, 2.75) is 13.1 Å². The molecule has 0 aliphatic rings. The van der Waals surface area contributed by atoms with Gasteiger partial charge in [-0.05, 0) is 23.3 Å². The molecular formula is C17H23N3O. The van der Waals surface area contributed by atoms with Gasteiger partial charge in [-0.2, -0.15) is 0 Å². The predicted molar refractivity (Wildman–Crippen MR) is 86.2 cm³/mol. The van der Waals surface area contributed by atoms with Crippen LogP contribution in [0.3, 0.4) is 0 Å². The second-order valence-corrected chi connectivity index (χ2v) is 5.32. The highest BCUT2D eigenvalue weighted by molar-refractivity contribution is 5.52. The summed E-state index contributed by atoms with van der Waals surface area (Å²) in [6.45, 7) is 2.40. The average Bonchev–Trinajstić information content (AvgIpc) is 2.49. The van der Waals surface area contributed by atoms with E-state index in [4.69, 9.17) is 0 Å². The normalized spacial score (nSPS) is 10.9. The smallest absolute Gasteiger partial charge is 0.0558 e. The lowest BCUT2D eigenvalue weighted by Crippen LogP contribution is -2.27. The summed E-state index contributed by atoms with van der Waals surface area (Å²) in [5.41, 5.74) is 3.64. The van der Waals surface area contributed by atoms with Crippen LogP contribution in [0.4, 0.5) is 5.69 Å². The lowest BCUT2D eigenvalue weighted by atomic mass is 10.1. The van der Waals surface area contributed by atoms with E-state index in [-0.39, 0.29) is 6.61 Å². The van der Waals surface area contributed by atoms with Crippen LogP contribution in [0.25, 0.3) is 0 Å². The van der Waals surface area contributed by atoms with E-state index >= 15 is 0 Å². The van der Waals surface area contributed by atoms with Gasteiger partial charge in [-0.25, -0.2) is 0 Å². The van der Waals surface area contributed by atoms with E-state index in [2.05, 4.69) is 59.2 Å². The van der Waals surface area contributed by atoms with Crippen LogP contribution in [0, 0.1) is 0 Å². The molecule has 0 aliphatic heterocycles. The first-order valence-electron chi connectivity index (χ1n) is 7.18. The Morgan fingerprint density at radius 1 is 1.05 bits per heavy atom. The third kappa shape index (κ3) is 4.55. The lowest BCUT2D eigenvalue weighted by molar-refractivity contribution is 0.184. The zero-order valence-corrected chi connectivity index (χ0v) is 12.7. The minimum absolute atomic E-state index is 0.157. The van der Waals surface area contributed by atoms with Crippen molar-refractivity contribution < 1.29 is 5.11 Å². The van der Waals surface area contributed by atoms with Crippen LogP contribution in [0.1, 0.15) is 11.1 Å². The molecule has 4 heteroatoms. The first-order chi connectivity index (χ1) is 10.2. The number of aliphatic hydroxyl groups is 1. The molecule has 0 fully saturated rings. The largest absolute Gasteiger partial charge is 0.395 e. The van der Waals surface area contributed by atoms with E-state index < -0.39 is 0 Å². The molecule has 4 nitrogen and oxygen atoms in total. The summed E-state index contributed by atoms with van der Waals surface area (Å²) < 4.78 is 0. The zero-order chi connectivity index (χ0) is 15.1. The fraction of sp³-hybridized carbons (Fsp3) is 0.353. The van der Waals surface area contributed by atoms with Crippen molar-refractivity contribution in [1.82, 2.24) is 9.88 Å². The molecule has 0 saturated heterocycles. The number of nitrogens with zero attached hydrogens (tertiary/aromatic N) is 3. The highest BCUT2D eigenvalue weighted by Gasteiger charge is 2.10. The second kappa shape index (κ2) is 7.76. The van der Waals surface area contributed by atoms with E-state index in [1.807, 2.05) is 12.3 Å². The molecule has 1 aromatic heterocycles. The molecular weight excluding hydrogens is 262 g/mol. The summed E-state index contributed by atoms with van der Waals surface area (Å²) in [5.74, 6) is 0. The van der Waals surface area contributed by atoms with Crippen molar-refractivity contribution in [1.29, 1.82) is 0 Å². The van der Waals surface area contributed by atoms with Crippen molar-refractivity contribution in [3.05, 3.63) is 59.9 Å². The van der Waals surface area contributed by atoms with E-state index in [9.17, 15) is 5.11 Å². The number of para-hydroxylation sites is 1. The molecule has 0 radical (unpaired) electrons. The maximum Gasteiger partial charge on any atom is 0.0558 e. The molecule has 2 rings (SSSR count). The first kappa shape index (κ1) is 15.5. The number of anilines is 1. The summed E-state index contributed by atoms with van der Waals surface area (Å²) in [5, 5.41) is 9.30. The number of aromatic nitrogens is 1. The first-order valence-corrected chi connectivity index (χ1v) is 7.18. The molecule has 1 aromatic carbocycles. The number of hydrogen-bond acceptors (Lipinski definition) is 4. The quantitative estimate of drug-likeness (QED) is 0.846. The van der Waals surface area contributed by atoms with Crippen LogP contribution < -0.4 is 4.90 Å². The van der Waals surface area contributed by atoms with E-state index in [0.29, 0.717) is 6.54 Å². The third-order valence-electron chi connectivity index (χ3n) is 3.41. The van der Waals surface area contributed by atoms with E-state index in [1.54, 1.807) is 6.20 Å². The molecule has 21 heavy (non-hydrogen) atoms. The van der Waals surface area contributed by atoms with Gasteiger partial charge in [0.25, 0.3) is 0 Å². The van der Waals surface area contributed by atoms with Gasteiger partial charge in [0.1, 0.15) is 0 Å². The zero-order valence-electron chi connectivity index (χ0n) is 12.7. The monoisotopic (exact) mass is 285 g/mol. The molecule has 0 atom stereocenters. The molecule has 2 aromatic rings. The minimum Gasteiger partial charge on any atom is -0.395 e. The van der Waals surface area contributed by atoms with E-state index in [1.165, 1.54) is 11.3 Å². The number of aliphatic hydroxyl groups excluding tert-OH is 1. The van der Waals surface area contributed by atoms with Crippen LogP contribution in [-0.4, -0.2) is 42.2 Å².